The molecule has 104 valence electrons. The van der Waals surface area contributed by atoms with Crippen LogP contribution in [-0.2, 0) is 19.1 Å². The van der Waals surface area contributed by atoms with Gasteiger partial charge < -0.3 is 4.90 Å². The van der Waals surface area contributed by atoms with E-state index in [1.165, 1.54) is 11.3 Å². The molecular weight excluding hydrogens is 263 g/mol. The van der Waals surface area contributed by atoms with Gasteiger partial charge in [0.15, 0.2) is 0 Å². The monoisotopic (exact) mass is 277 g/mol. The van der Waals surface area contributed by atoms with Gasteiger partial charge in [-0.1, -0.05) is 30.3 Å². The normalized spacial score (nSPS) is 14.4. The summed E-state index contributed by atoms with van der Waals surface area (Å²) in [7, 11) is 0. The number of fused-ring (bicyclic) bond motifs is 1. The number of hydrogen-bond acceptors (Lipinski definition) is 1. The van der Waals surface area contributed by atoms with Crippen LogP contribution in [0.25, 0.3) is 0 Å². The number of para-hydroxylation sites is 1. The summed E-state index contributed by atoms with van der Waals surface area (Å²) in [6.07, 6.45) is -3.27. The zero-order valence-corrected chi connectivity index (χ0v) is 10.8. The zero-order chi connectivity index (χ0) is 14.2. The fourth-order valence-electron chi connectivity index (χ4n) is 2.59. The van der Waals surface area contributed by atoms with Crippen molar-refractivity contribution in [3.8, 4) is 0 Å². The van der Waals surface area contributed by atoms with E-state index in [4.69, 9.17) is 0 Å². The molecule has 0 fully saturated rings. The van der Waals surface area contributed by atoms with Crippen molar-refractivity contribution < 1.29 is 13.2 Å². The Labute approximate surface area is 115 Å². The second-order valence-electron chi connectivity index (χ2n) is 4.99. The number of nitrogens with zero attached hydrogens (tertiary/aromatic N) is 1. The maximum Gasteiger partial charge on any atom is 0.416 e. The van der Waals surface area contributed by atoms with Crippen LogP contribution in [0.2, 0.25) is 0 Å². The van der Waals surface area contributed by atoms with E-state index < -0.39 is 11.7 Å². The third-order valence-electron chi connectivity index (χ3n) is 3.64. The quantitative estimate of drug-likeness (QED) is 0.792. The van der Waals surface area contributed by atoms with E-state index in [-0.39, 0.29) is 0 Å². The number of alkyl halides is 3. The molecule has 1 nitrogen and oxygen atoms in total. The van der Waals surface area contributed by atoms with E-state index in [9.17, 15) is 13.2 Å². The highest BCUT2D eigenvalue weighted by Gasteiger charge is 2.30. The molecule has 0 bridgehead atoms. The van der Waals surface area contributed by atoms with Gasteiger partial charge in [-0.25, -0.2) is 0 Å². The first-order valence-corrected chi connectivity index (χ1v) is 6.53. The average Bonchev–Trinajstić information content (AvgIpc) is 2.82. The first-order valence-electron chi connectivity index (χ1n) is 6.53. The van der Waals surface area contributed by atoms with E-state index >= 15 is 0 Å². The molecule has 3 rings (SSSR count). The Hall–Kier alpha value is -1.97. The summed E-state index contributed by atoms with van der Waals surface area (Å²) in [5, 5.41) is 0. The molecule has 2 aromatic carbocycles. The van der Waals surface area contributed by atoms with Gasteiger partial charge in [0.25, 0.3) is 0 Å². The Kier molecular flexibility index (Phi) is 3.16. The highest BCUT2D eigenvalue weighted by molar-refractivity contribution is 5.58. The number of anilines is 1. The predicted molar refractivity (Wildman–Crippen MR) is 72.6 cm³/mol. The molecule has 1 aliphatic heterocycles. The third-order valence-corrected chi connectivity index (χ3v) is 3.64. The molecular formula is C16H14F3N. The third kappa shape index (κ3) is 2.50. The van der Waals surface area contributed by atoms with E-state index in [1.54, 1.807) is 12.1 Å². The van der Waals surface area contributed by atoms with Crippen LogP contribution in [0, 0.1) is 0 Å². The summed E-state index contributed by atoms with van der Waals surface area (Å²) < 4.78 is 37.5. The first-order chi connectivity index (χ1) is 9.54. The minimum atomic E-state index is -4.27. The highest BCUT2D eigenvalue weighted by Crippen LogP contribution is 2.31. The van der Waals surface area contributed by atoms with Gasteiger partial charge >= 0.3 is 6.18 Å². The molecule has 1 heterocycles. The lowest BCUT2D eigenvalue weighted by molar-refractivity contribution is -0.137. The summed E-state index contributed by atoms with van der Waals surface area (Å²) in [6, 6.07) is 13.6. The Bertz CT molecular complexity index is 602. The molecule has 0 N–H and O–H groups in total. The van der Waals surface area contributed by atoms with E-state index in [0.717, 1.165) is 30.7 Å². The van der Waals surface area contributed by atoms with Crippen LogP contribution in [0.5, 0.6) is 0 Å². The summed E-state index contributed by atoms with van der Waals surface area (Å²) in [4.78, 5) is 2.21. The number of halogens is 3. The molecule has 0 aromatic heterocycles. The maximum absolute atomic E-state index is 12.5. The lowest BCUT2D eigenvalue weighted by Crippen LogP contribution is -2.19. The van der Waals surface area contributed by atoms with Crippen molar-refractivity contribution >= 4 is 5.69 Å². The molecule has 0 atom stereocenters. The van der Waals surface area contributed by atoms with Gasteiger partial charge in [0.05, 0.1) is 5.56 Å². The van der Waals surface area contributed by atoms with Crippen LogP contribution >= 0.6 is 0 Å². The van der Waals surface area contributed by atoms with Gasteiger partial charge in [0.2, 0.25) is 0 Å². The maximum atomic E-state index is 12.5. The molecule has 0 saturated carbocycles. The van der Waals surface area contributed by atoms with E-state index in [2.05, 4.69) is 17.0 Å². The van der Waals surface area contributed by atoms with Crippen LogP contribution in [0.4, 0.5) is 18.9 Å². The standard InChI is InChI=1S/C16H14F3N/c17-16(18,19)14-7-5-12(6-8-14)11-20-10-9-13-3-1-2-4-15(13)20/h1-8H,9-11H2. The van der Waals surface area contributed by atoms with Gasteiger partial charge in [-0.2, -0.15) is 13.2 Å². The molecule has 0 radical (unpaired) electrons. The topological polar surface area (TPSA) is 3.24 Å². The second-order valence-corrected chi connectivity index (χ2v) is 4.99. The zero-order valence-electron chi connectivity index (χ0n) is 10.8. The molecule has 0 saturated heterocycles. The van der Waals surface area contributed by atoms with Gasteiger partial charge in [-0.3, -0.25) is 0 Å². The van der Waals surface area contributed by atoms with Crippen LogP contribution < -0.4 is 4.90 Å². The molecule has 2 aromatic rings. The van der Waals surface area contributed by atoms with Crippen molar-refractivity contribution in [3.63, 3.8) is 0 Å². The van der Waals surface area contributed by atoms with Crippen molar-refractivity contribution in [2.24, 2.45) is 0 Å². The second kappa shape index (κ2) is 4.85. The van der Waals surface area contributed by atoms with Gasteiger partial charge in [0.1, 0.15) is 0 Å². The minimum Gasteiger partial charge on any atom is -0.367 e. The number of hydrogen-bond donors (Lipinski definition) is 0. The largest absolute Gasteiger partial charge is 0.416 e. The Morgan fingerprint density at radius 2 is 1.65 bits per heavy atom. The average molecular weight is 277 g/mol. The van der Waals surface area contributed by atoms with Crippen molar-refractivity contribution in [2.75, 3.05) is 11.4 Å². The van der Waals surface area contributed by atoms with Crippen molar-refractivity contribution in [1.82, 2.24) is 0 Å². The smallest absolute Gasteiger partial charge is 0.367 e. The van der Waals surface area contributed by atoms with Crippen LogP contribution in [-0.4, -0.2) is 6.54 Å². The fourth-order valence-corrected chi connectivity index (χ4v) is 2.59. The summed E-state index contributed by atoms with van der Waals surface area (Å²) in [5.41, 5.74) is 2.80. The Morgan fingerprint density at radius 3 is 2.35 bits per heavy atom. The molecule has 0 aliphatic carbocycles. The van der Waals surface area contributed by atoms with Crippen molar-refractivity contribution in [3.05, 3.63) is 65.2 Å². The summed E-state index contributed by atoms with van der Waals surface area (Å²) >= 11 is 0. The minimum absolute atomic E-state index is 0.594. The van der Waals surface area contributed by atoms with Gasteiger partial charge in [-0.05, 0) is 35.7 Å². The predicted octanol–water partition coefficient (Wildman–Crippen LogP) is 4.27. The number of rotatable bonds is 2. The van der Waals surface area contributed by atoms with Crippen LogP contribution in [0.3, 0.4) is 0 Å². The van der Waals surface area contributed by atoms with Gasteiger partial charge in [-0.15, -0.1) is 0 Å². The van der Waals surface area contributed by atoms with Gasteiger partial charge in [0, 0.05) is 18.8 Å². The molecule has 0 amide bonds. The summed E-state index contributed by atoms with van der Waals surface area (Å²) in [5.74, 6) is 0. The lowest BCUT2D eigenvalue weighted by Gasteiger charge is -2.19. The molecule has 0 spiro atoms. The molecule has 1 aliphatic rings. The summed E-state index contributed by atoms with van der Waals surface area (Å²) in [6.45, 7) is 1.56. The van der Waals surface area contributed by atoms with Crippen molar-refractivity contribution in [1.29, 1.82) is 0 Å². The Balaban J connectivity index is 1.76. The van der Waals surface area contributed by atoms with E-state index in [0.29, 0.717) is 6.54 Å². The van der Waals surface area contributed by atoms with E-state index in [1.807, 2.05) is 12.1 Å². The van der Waals surface area contributed by atoms with Crippen LogP contribution in [0.1, 0.15) is 16.7 Å². The molecule has 0 unspecified atom stereocenters. The highest BCUT2D eigenvalue weighted by atomic mass is 19.4. The first kappa shape index (κ1) is 13.0. The van der Waals surface area contributed by atoms with Crippen LogP contribution in [0.15, 0.2) is 48.5 Å². The van der Waals surface area contributed by atoms with Crippen molar-refractivity contribution in [2.45, 2.75) is 19.1 Å². The fraction of sp³-hybridized carbons (Fsp3) is 0.250. The SMILES string of the molecule is FC(F)(F)c1ccc(CN2CCc3ccccc32)cc1. The number of benzene rings is 2. The molecule has 20 heavy (non-hydrogen) atoms. The molecule has 4 heteroatoms. The Morgan fingerprint density at radius 1 is 0.950 bits per heavy atom. The lowest BCUT2D eigenvalue weighted by atomic mass is 10.1.